The maximum Gasteiger partial charge on any atom is 0.0462 e. The van der Waals surface area contributed by atoms with Crippen molar-refractivity contribution in [3.8, 4) is 0 Å². The summed E-state index contributed by atoms with van der Waals surface area (Å²) in [4.78, 5) is 3.46. The van der Waals surface area contributed by atoms with Gasteiger partial charge in [-0.25, -0.2) is 0 Å². The van der Waals surface area contributed by atoms with Gasteiger partial charge in [0, 0.05) is 34.9 Å². The van der Waals surface area contributed by atoms with Gasteiger partial charge in [0.05, 0.1) is 0 Å². The number of anilines is 1. The molecule has 2 nitrogen and oxygen atoms in total. The van der Waals surface area contributed by atoms with E-state index in [1.165, 1.54) is 33.4 Å². The molecule has 124 valence electrons. The molecule has 0 aliphatic rings. The van der Waals surface area contributed by atoms with Gasteiger partial charge in [0.25, 0.3) is 0 Å². The Kier molecular flexibility index (Phi) is 4.48. The highest BCUT2D eigenvalue weighted by Crippen LogP contribution is 2.33. The average Bonchev–Trinajstić information content (AvgIpc) is 2.90. The van der Waals surface area contributed by atoms with E-state index in [2.05, 4.69) is 91.8 Å². The summed E-state index contributed by atoms with van der Waals surface area (Å²) < 4.78 is 0. The van der Waals surface area contributed by atoms with Gasteiger partial charge in [0.15, 0.2) is 0 Å². The van der Waals surface area contributed by atoms with E-state index in [0.717, 1.165) is 6.42 Å². The van der Waals surface area contributed by atoms with E-state index < -0.39 is 0 Å². The first kappa shape index (κ1) is 16.4. The van der Waals surface area contributed by atoms with Crippen LogP contribution in [0.4, 0.5) is 5.69 Å². The largest absolute Gasteiger partial charge is 0.388 e. The smallest absolute Gasteiger partial charge is 0.0462 e. The van der Waals surface area contributed by atoms with Gasteiger partial charge in [-0.2, -0.15) is 0 Å². The number of aromatic amines is 1. The SMILES string of the molecule is CNc1ccccc1C(C)(C)C/C=C/c1c(C)[nH]c2ccccc12. The summed E-state index contributed by atoms with van der Waals surface area (Å²) >= 11 is 0. The lowest BCUT2D eigenvalue weighted by atomic mass is 9.80. The topological polar surface area (TPSA) is 27.8 Å². The van der Waals surface area contributed by atoms with Crippen LogP contribution in [0.2, 0.25) is 0 Å². The number of hydrogen-bond donors (Lipinski definition) is 2. The molecule has 0 bridgehead atoms. The molecule has 0 spiro atoms. The Hall–Kier alpha value is -2.48. The van der Waals surface area contributed by atoms with Crippen molar-refractivity contribution in [2.75, 3.05) is 12.4 Å². The van der Waals surface area contributed by atoms with Gasteiger partial charge in [-0.15, -0.1) is 0 Å². The van der Waals surface area contributed by atoms with Crippen LogP contribution < -0.4 is 5.32 Å². The van der Waals surface area contributed by atoms with E-state index in [0.29, 0.717) is 0 Å². The van der Waals surface area contributed by atoms with Crippen molar-refractivity contribution in [1.82, 2.24) is 4.98 Å². The number of H-pyrrole nitrogens is 1. The predicted molar refractivity (Wildman–Crippen MR) is 106 cm³/mol. The quantitative estimate of drug-likeness (QED) is 0.602. The zero-order chi connectivity index (χ0) is 17.2. The highest BCUT2D eigenvalue weighted by atomic mass is 14.8. The predicted octanol–water partition coefficient (Wildman–Crippen LogP) is 5.90. The Morgan fingerprint density at radius 2 is 1.75 bits per heavy atom. The van der Waals surface area contributed by atoms with Crippen LogP contribution in [0.3, 0.4) is 0 Å². The molecule has 24 heavy (non-hydrogen) atoms. The van der Waals surface area contributed by atoms with Crippen LogP contribution in [0, 0.1) is 6.92 Å². The first-order valence-electron chi connectivity index (χ1n) is 8.54. The first-order valence-corrected chi connectivity index (χ1v) is 8.54. The minimum absolute atomic E-state index is 0.0795. The lowest BCUT2D eigenvalue weighted by molar-refractivity contribution is 0.536. The number of hydrogen-bond acceptors (Lipinski definition) is 1. The molecule has 0 aliphatic heterocycles. The lowest BCUT2D eigenvalue weighted by Gasteiger charge is -2.26. The molecule has 1 heterocycles. The summed E-state index contributed by atoms with van der Waals surface area (Å²) in [6.07, 6.45) is 5.55. The molecule has 0 saturated carbocycles. The van der Waals surface area contributed by atoms with Gasteiger partial charge >= 0.3 is 0 Å². The van der Waals surface area contributed by atoms with Crippen LogP contribution in [-0.4, -0.2) is 12.0 Å². The Morgan fingerprint density at radius 3 is 2.54 bits per heavy atom. The summed E-state index contributed by atoms with van der Waals surface area (Å²) in [5, 5.41) is 4.60. The van der Waals surface area contributed by atoms with E-state index in [1.807, 2.05) is 7.05 Å². The van der Waals surface area contributed by atoms with Crippen LogP contribution >= 0.6 is 0 Å². The molecule has 0 saturated heterocycles. The van der Waals surface area contributed by atoms with Gasteiger partial charge in [-0.3, -0.25) is 0 Å². The Labute approximate surface area is 144 Å². The van der Waals surface area contributed by atoms with E-state index in [4.69, 9.17) is 0 Å². The van der Waals surface area contributed by atoms with Gasteiger partial charge < -0.3 is 10.3 Å². The molecular formula is C22H26N2. The third kappa shape index (κ3) is 3.09. The highest BCUT2D eigenvalue weighted by molar-refractivity contribution is 5.90. The summed E-state index contributed by atoms with van der Waals surface area (Å²) in [7, 11) is 1.99. The van der Waals surface area contributed by atoms with Gasteiger partial charge in [-0.1, -0.05) is 62.4 Å². The van der Waals surface area contributed by atoms with Gasteiger partial charge in [0.1, 0.15) is 0 Å². The van der Waals surface area contributed by atoms with Crippen LogP contribution in [0.1, 0.15) is 37.1 Å². The first-order chi connectivity index (χ1) is 11.5. The molecule has 2 heteroatoms. The Morgan fingerprint density at radius 1 is 1.04 bits per heavy atom. The molecule has 3 aromatic rings. The zero-order valence-electron chi connectivity index (χ0n) is 15.0. The Balaban J connectivity index is 1.86. The number of aryl methyl sites for hydroxylation is 1. The number of allylic oxidation sites excluding steroid dienone is 1. The number of aromatic nitrogens is 1. The molecule has 0 radical (unpaired) electrons. The van der Waals surface area contributed by atoms with Crippen molar-refractivity contribution in [1.29, 1.82) is 0 Å². The van der Waals surface area contributed by atoms with E-state index in [1.54, 1.807) is 0 Å². The molecule has 0 fully saturated rings. The summed E-state index contributed by atoms with van der Waals surface area (Å²) in [5.41, 5.74) is 6.36. The number of para-hydroxylation sites is 2. The van der Waals surface area contributed by atoms with Gasteiger partial charge in [0.2, 0.25) is 0 Å². The van der Waals surface area contributed by atoms with Crippen molar-refractivity contribution in [2.24, 2.45) is 0 Å². The normalized spacial score (nSPS) is 12.2. The minimum atomic E-state index is 0.0795. The van der Waals surface area contributed by atoms with E-state index in [9.17, 15) is 0 Å². The third-order valence-electron chi connectivity index (χ3n) is 4.78. The molecule has 0 atom stereocenters. The molecule has 3 rings (SSSR count). The summed E-state index contributed by atoms with van der Waals surface area (Å²) in [6, 6.07) is 17.0. The third-order valence-corrected chi connectivity index (χ3v) is 4.78. The van der Waals surface area contributed by atoms with Crippen LogP contribution in [0.5, 0.6) is 0 Å². The second-order valence-corrected chi connectivity index (χ2v) is 7.00. The number of benzene rings is 2. The van der Waals surface area contributed by atoms with Crippen molar-refractivity contribution in [2.45, 2.75) is 32.6 Å². The van der Waals surface area contributed by atoms with E-state index in [-0.39, 0.29) is 5.41 Å². The summed E-state index contributed by atoms with van der Waals surface area (Å²) in [6.45, 7) is 6.74. The maximum atomic E-state index is 3.46. The number of fused-ring (bicyclic) bond motifs is 1. The molecule has 2 N–H and O–H groups in total. The second kappa shape index (κ2) is 6.56. The number of rotatable bonds is 5. The molecule has 0 unspecified atom stereocenters. The van der Waals surface area contributed by atoms with Crippen molar-refractivity contribution in [3.63, 3.8) is 0 Å². The van der Waals surface area contributed by atoms with Crippen LogP contribution in [0.15, 0.2) is 54.6 Å². The van der Waals surface area contributed by atoms with E-state index >= 15 is 0 Å². The minimum Gasteiger partial charge on any atom is -0.388 e. The average molecular weight is 318 g/mol. The molecule has 1 aromatic heterocycles. The van der Waals surface area contributed by atoms with Gasteiger partial charge in [-0.05, 0) is 36.5 Å². The van der Waals surface area contributed by atoms with Crippen molar-refractivity contribution in [3.05, 3.63) is 71.4 Å². The fraction of sp³-hybridized carbons (Fsp3) is 0.273. The molecular weight excluding hydrogens is 292 g/mol. The summed E-state index contributed by atoms with van der Waals surface area (Å²) in [5.74, 6) is 0. The van der Waals surface area contributed by atoms with Crippen LogP contribution in [-0.2, 0) is 5.41 Å². The highest BCUT2D eigenvalue weighted by Gasteiger charge is 2.21. The van der Waals surface area contributed by atoms with Crippen molar-refractivity contribution < 1.29 is 0 Å². The standard InChI is InChI=1S/C22H26N2/c1-16-17(18-10-5-7-13-20(18)24-16)11-9-15-22(2,3)19-12-6-8-14-21(19)23-4/h5-14,23-24H,15H2,1-4H3/b11-9+. The monoisotopic (exact) mass is 318 g/mol. The lowest BCUT2D eigenvalue weighted by Crippen LogP contribution is -2.17. The van der Waals surface area contributed by atoms with Crippen molar-refractivity contribution >= 4 is 22.7 Å². The number of nitrogens with one attached hydrogen (secondary N) is 2. The zero-order valence-corrected chi connectivity index (χ0v) is 15.0. The molecule has 0 amide bonds. The fourth-order valence-electron chi connectivity index (χ4n) is 3.39. The fourth-order valence-corrected chi connectivity index (χ4v) is 3.39. The molecule has 2 aromatic carbocycles. The Bertz CT molecular complexity index is 869. The maximum absolute atomic E-state index is 3.46. The van der Waals surface area contributed by atoms with Crippen LogP contribution in [0.25, 0.3) is 17.0 Å². The second-order valence-electron chi connectivity index (χ2n) is 7.00. The molecule has 0 aliphatic carbocycles.